The van der Waals surface area contributed by atoms with Crippen LogP contribution in [0.4, 0.5) is 57.1 Å². The van der Waals surface area contributed by atoms with Crippen LogP contribution < -0.4 is 0 Å². The lowest BCUT2D eigenvalue weighted by Crippen LogP contribution is -2.55. The predicted octanol–water partition coefficient (Wildman–Crippen LogP) is 5.63. The Bertz CT molecular complexity index is 419. The van der Waals surface area contributed by atoms with Crippen molar-refractivity contribution in [3.8, 4) is 0 Å². The summed E-state index contributed by atoms with van der Waals surface area (Å²) in [6, 6.07) is 0. The molecule has 14 heteroatoms. The van der Waals surface area contributed by atoms with Gasteiger partial charge in [-0.15, -0.1) is 0 Å². The quantitative estimate of drug-likeness (QED) is 0.372. The third kappa shape index (κ3) is 3.85. The molecule has 0 spiro atoms. The molecular weight excluding hydrogens is 458 g/mol. The highest BCUT2D eigenvalue weighted by Crippen LogP contribution is 2.56. The first-order valence-electron chi connectivity index (χ1n) is 4.15. The number of hydrogen-bond acceptors (Lipinski definition) is 0. The van der Waals surface area contributed by atoms with Gasteiger partial charge in [-0.1, -0.05) is 0 Å². The van der Waals surface area contributed by atoms with Gasteiger partial charge in [-0.3, -0.25) is 0 Å². The standard InChI is InChI=1S/C7F13I/c8-3(9,6(16,17)7(18,19)20)1(4(10,11)12)2(21)5(13,14)15/b2-1-. The summed E-state index contributed by atoms with van der Waals surface area (Å²) in [6.45, 7) is 0. The van der Waals surface area contributed by atoms with E-state index in [1.807, 2.05) is 0 Å². The Kier molecular flexibility index (Phi) is 5.22. The number of allylic oxidation sites excluding steroid dienone is 2. The molecule has 21 heavy (non-hydrogen) atoms. The third-order valence-electron chi connectivity index (χ3n) is 1.82. The van der Waals surface area contributed by atoms with Crippen molar-refractivity contribution >= 4 is 22.6 Å². The van der Waals surface area contributed by atoms with Gasteiger partial charge in [-0.05, 0) is 22.6 Å². The minimum atomic E-state index is -7.35. The van der Waals surface area contributed by atoms with Crippen LogP contribution in [-0.2, 0) is 0 Å². The summed E-state index contributed by atoms with van der Waals surface area (Å²) in [5, 5.41) is 0. The van der Waals surface area contributed by atoms with Gasteiger partial charge in [0, 0.05) is 0 Å². The Balaban J connectivity index is 6.51. The van der Waals surface area contributed by atoms with Gasteiger partial charge in [0.2, 0.25) is 0 Å². The second-order valence-electron chi connectivity index (χ2n) is 3.33. The molecule has 0 saturated heterocycles. The molecule has 0 heterocycles. The van der Waals surface area contributed by atoms with E-state index in [2.05, 4.69) is 0 Å². The lowest BCUT2D eigenvalue weighted by Gasteiger charge is -2.31. The second-order valence-corrected chi connectivity index (χ2v) is 4.41. The molecule has 0 atom stereocenters. The first-order chi connectivity index (χ1) is 8.78. The van der Waals surface area contributed by atoms with E-state index in [0.29, 0.717) is 0 Å². The minimum Gasteiger partial charge on any atom is -0.194 e. The fraction of sp³-hybridized carbons (Fsp3) is 0.714. The van der Waals surface area contributed by atoms with E-state index in [4.69, 9.17) is 0 Å². The van der Waals surface area contributed by atoms with Crippen molar-refractivity contribution in [2.75, 3.05) is 0 Å². The molecule has 0 aromatic heterocycles. The molecular formula is C7F13I. The van der Waals surface area contributed by atoms with E-state index in [-0.39, 0.29) is 0 Å². The van der Waals surface area contributed by atoms with E-state index in [1.54, 1.807) is 0 Å². The van der Waals surface area contributed by atoms with E-state index in [0.717, 1.165) is 0 Å². The Morgan fingerprint density at radius 2 is 0.905 bits per heavy atom. The Labute approximate surface area is 120 Å². The first-order valence-corrected chi connectivity index (χ1v) is 5.22. The van der Waals surface area contributed by atoms with Crippen molar-refractivity contribution in [3.63, 3.8) is 0 Å². The van der Waals surface area contributed by atoms with Gasteiger partial charge < -0.3 is 0 Å². The highest BCUT2D eigenvalue weighted by Gasteiger charge is 2.78. The normalized spacial score (nSPS) is 16.9. The molecule has 126 valence electrons. The monoisotopic (exact) mass is 458 g/mol. The fourth-order valence-corrected chi connectivity index (χ4v) is 1.56. The number of halogens is 14. The minimum absolute atomic E-state index is 0.417. The molecule has 0 fully saturated rings. The summed E-state index contributed by atoms with van der Waals surface area (Å²) in [5.41, 5.74) is -4.31. The zero-order valence-corrected chi connectivity index (χ0v) is 10.9. The maximum Gasteiger partial charge on any atom is 0.460 e. The lowest BCUT2D eigenvalue weighted by molar-refractivity contribution is -0.351. The average molecular weight is 458 g/mol. The molecule has 0 radical (unpaired) electrons. The smallest absolute Gasteiger partial charge is 0.194 e. The van der Waals surface area contributed by atoms with Crippen LogP contribution in [0, 0.1) is 0 Å². The largest absolute Gasteiger partial charge is 0.460 e. The zero-order chi connectivity index (χ0) is 17.7. The molecule has 0 aromatic rings. The zero-order valence-electron chi connectivity index (χ0n) is 8.79. The van der Waals surface area contributed by atoms with Gasteiger partial charge >= 0.3 is 30.4 Å². The van der Waals surface area contributed by atoms with Gasteiger partial charge in [0.15, 0.2) is 0 Å². The molecule has 0 aliphatic heterocycles. The predicted molar refractivity (Wildman–Crippen MR) is 49.1 cm³/mol. The lowest BCUT2D eigenvalue weighted by atomic mass is 10.0. The highest BCUT2D eigenvalue weighted by molar-refractivity contribution is 14.1. The topological polar surface area (TPSA) is 0 Å². The van der Waals surface area contributed by atoms with E-state index in [1.165, 1.54) is 0 Å². The first kappa shape index (κ1) is 20.6. The summed E-state index contributed by atoms with van der Waals surface area (Å²) >= 11 is -0.417. The number of rotatable bonds is 2. The summed E-state index contributed by atoms with van der Waals surface area (Å²) in [5.74, 6) is -14.5. The van der Waals surface area contributed by atoms with Crippen LogP contribution in [0.5, 0.6) is 0 Å². The summed E-state index contributed by atoms with van der Waals surface area (Å²) in [4.78, 5) is 0. The Morgan fingerprint density at radius 3 is 1.10 bits per heavy atom. The van der Waals surface area contributed by atoms with Crippen LogP contribution in [0.25, 0.3) is 0 Å². The van der Waals surface area contributed by atoms with Gasteiger partial charge in [0.25, 0.3) is 0 Å². The summed E-state index contributed by atoms with van der Waals surface area (Å²) in [7, 11) is 0. The van der Waals surface area contributed by atoms with E-state index < -0.39 is 62.1 Å². The molecule has 0 saturated carbocycles. The molecule has 0 aliphatic rings. The SMILES string of the molecule is FC(F)(F)/C(I)=C(/C(F)(F)F)C(F)(F)C(F)(F)C(F)(F)F. The second kappa shape index (κ2) is 5.33. The Hall–Kier alpha value is -0.440. The van der Waals surface area contributed by atoms with Crippen molar-refractivity contribution in [1.29, 1.82) is 0 Å². The number of alkyl halides is 13. The van der Waals surface area contributed by atoms with E-state index in [9.17, 15) is 57.1 Å². The maximum atomic E-state index is 12.9. The van der Waals surface area contributed by atoms with Gasteiger partial charge in [0.05, 0.1) is 0 Å². The molecule has 0 nitrogen and oxygen atoms in total. The molecule has 0 amide bonds. The van der Waals surface area contributed by atoms with Crippen LogP contribution in [0.3, 0.4) is 0 Å². The van der Waals surface area contributed by atoms with Crippen LogP contribution in [-0.4, -0.2) is 30.4 Å². The molecule has 0 aromatic carbocycles. The highest BCUT2D eigenvalue weighted by atomic mass is 127. The van der Waals surface area contributed by atoms with Crippen molar-refractivity contribution < 1.29 is 57.1 Å². The van der Waals surface area contributed by atoms with Crippen LogP contribution >= 0.6 is 22.6 Å². The van der Waals surface area contributed by atoms with Crippen LogP contribution in [0.2, 0.25) is 0 Å². The van der Waals surface area contributed by atoms with Crippen molar-refractivity contribution in [2.24, 2.45) is 0 Å². The van der Waals surface area contributed by atoms with Crippen LogP contribution in [0.1, 0.15) is 0 Å². The molecule has 0 N–H and O–H groups in total. The molecule has 0 unspecified atom stereocenters. The van der Waals surface area contributed by atoms with Crippen LogP contribution in [0.15, 0.2) is 9.15 Å². The van der Waals surface area contributed by atoms with Crippen molar-refractivity contribution in [1.82, 2.24) is 0 Å². The molecule has 0 aliphatic carbocycles. The summed E-state index contributed by atoms with van der Waals surface area (Å²) in [6.07, 6.45) is -20.2. The van der Waals surface area contributed by atoms with Gasteiger partial charge in [0.1, 0.15) is 9.15 Å². The summed E-state index contributed by atoms with van der Waals surface area (Å²) < 4.78 is 155. The van der Waals surface area contributed by atoms with Gasteiger partial charge in [-0.2, -0.15) is 57.1 Å². The molecule has 0 rings (SSSR count). The van der Waals surface area contributed by atoms with E-state index >= 15 is 0 Å². The van der Waals surface area contributed by atoms with Gasteiger partial charge in [-0.25, -0.2) is 0 Å². The average Bonchev–Trinajstić information content (AvgIpc) is 2.10. The molecule has 0 bridgehead atoms. The fourth-order valence-electron chi connectivity index (χ4n) is 0.917. The number of hydrogen-bond donors (Lipinski definition) is 0. The van der Waals surface area contributed by atoms with Crippen molar-refractivity contribution in [3.05, 3.63) is 9.15 Å². The third-order valence-corrected chi connectivity index (χ3v) is 2.97. The Morgan fingerprint density at radius 1 is 0.571 bits per heavy atom. The van der Waals surface area contributed by atoms with Crippen molar-refractivity contribution in [2.45, 2.75) is 30.4 Å². The maximum absolute atomic E-state index is 12.9.